The zero-order chi connectivity index (χ0) is 18.8. The molecular formula is C20H27N5O2. The fraction of sp³-hybridized carbons (Fsp3) is 0.500. The maximum Gasteiger partial charge on any atom is 0.231 e. The summed E-state index contributed by atoms with van der Waals surface area (Å²) in [5.74, 6) is 3.59. The Labute approximate surface area is 160 Å². The number of piperazine rings is 1. The molecule has 2 aliphatic rings. The summed E-state index contributed by atoms with van der Waals surface area (Å²) in [5.41, 5.74) is 8.01. The molecule has 0 saturated carbocycles. The maximum atomic E-state index is 5.79. The number of benzene rings is 1. The van der Waals surface area contributed by atoms with Crippen molar-refractivity contribution < 1.29 is 9.47 Å². The topological polar surface area (TPSA) is 76.7 Å². The van der Waals surface area contributed by atoms with E-state index in [-0.39, 0.29) is 0 Å². The Kier molecular flexibility index (Phi) is 5.03. The molecule has 7 heteroatoms. The second-order valence-corrected chi connectivity index (χ2v) is 7.51. The highest BCUT2D eigenvalue weighted by Gasteiger charge is 2.21. The first-order valence-corrected chi connectivity index (χ1v) is 9.54. The van der Waals surface area contributed by atoms with Crippen molar-refractivity contribution >= 4 is 11.8 Å². The van der Waals surface area contributed by atoms with Crippen LogP contribution in [0.5, 0.6) is 11.5 Å². The van der Waals surface area contributed by atoms with Gasteiger partial charge in [0.2, 0.25) is 12.7 Å². The molecule has 1 aromatic heterocycles. The van der Waals surface area contributed by atoms with Crippen LogP contribution in [0.15, 0.2) is 24.3 Å². The van der Waals surface area contributed by atoms with Crippen molar-refractivity contribution in [1.29, 1.82) is 0 Å². The van der Waals surface area contributed by atoms with Gasteiger partial charge >= 0.3 is 0 Å². The molecule has 3 heterocycles. The fourth-order valence-electron chi connectivity index (χ4n) is 3.87. The first kappa shape index (κ1) is 17.9. The Bertz CT molecular complexity index is 785. The van der Waals surface area contributed by atoms with Gasteiger partial charge in [0.1, 0.15) is 5.82 Å². The van der Waals surface area contributed by atoms with Crippen LogP contribution in [0.3, 0.4) is 0 Å². The van der Waals surface area contributed by atoms with Gasteiger partial charge in [-0.1, -0.05) is 13.0 Å². The third-order valence-electron chi connectivity index (χ3n) is 5.15. The van der Waals surface area contributed by atoms with Gasteiger partial charge in [0.25, 0.3) is 0 Å². The molecule has 0 bridgehead atoms. The molecule has 0 amide bonds. The number of nitrogens with two attached hydrogens (primary N) is 1. The van der Waals surface area contributed by atoms with E-state index in [0.29, 0.717) is 18.7 Å². The number of hydrogen-bond acceptors (Lipinski definition) is 7. The highest BCUT2D eigenvalue weighted by atomic mass is 16.7. The number of anilines is 2. The van der Waals surface area contributed by atoms with Crippen LogP contribution in [-0.2, 0) is 6.42 Å². The molecule has 0 unspecified atom stereocenters. The quantitative estimate of drug-likeness (QED) is 0.865. The lowest BCUT2D eigenvalue weighted by Gasteiger charge is -2.36. The van der Waals surface area contributed by atoms with E-state index < -0.39 is 0 Å². The lowest BCUT2D eigenvalue weighted by atomic mass is 10.00. The molecule has 0 radical (unpaired) electrons. The van der Waals surface area contributed by atoms with Gasteiger partial charge in [-0.3, -0.25) is 4.90 Å². The van der Waals surface area contributed by atoms with E-state index in [0.717, 1.165) is 62.2 Å². The fourth-order valence-corrected chi connectivity index (χ4v) is 3.87. The van der Waals surface area contributed by atoms with Crippen molar-refractivity contribution in [3.8, 4) is 11.5 Å². The summed E-state index contributed by atoms with van der Waals surface area (Å²) >= 11 is 0. The third-order valence-corrected chi connectivity index (χ3v) is 5.15. The van der Waals surface area contributed by atoms with Gasteiger partial charge in [0.05, 0.1) is 0 Å². The van der Waals surface area contributed by atoms with E-state index in [4.69, 9.17) is 15.2 Å². The number of ether oxygens (including phenoxy) is 2. The normalized spacial score (nSPS) is 17.9. The predicted molar refractivity (Wildman–Crippen MR) is 105 cm³/mol. The number of aromatic nitrogens is 2. The van der Waals surface area contributed by atoms with E-state index in [9.17, 15) is 0 Å². The molecule has 1 fully saturated rings. The van der Waals surface area contributed by atoms with Crippen molar-refractivity contribution in [3.63, 3.8) is 0 Å². The minimum Gasteiger partial charge on any atom is -0.454 e. The summed E-state index contributed by atoms with van der Waals surface area (Å²) in [7, 11) is 0. The number of fused-ring (bicyclic) bond motifs is 1. The van der Waals surface area contributed by atoms with Crippen molar-refractivity contribution in [2.24, 2.45) is 5.92 Å². The number of aryl methyl sites for hydroxylation is 1. The molecule has 1 atom stereocenters. The van der Waals surface area contributed by atoms with E-state index in [1.54, 1.807) is 0 Å². The largest absolute Gasteiger partial charge is 0.454 e. The maximum absolute atomic E-state index is 5.79. The van der Waals surface area contributed by atoms with Gasteiger partial charge in [-0.25, -0.2) is 4.98 Å². The smallest absolute Gasteiger partial charge is 0.231 e. The summed E-state index contributed by atoms with van der Waals surface area (Å²) in [6, 6.07) is 8.27. The van der Waals surface area contributed by atoms with E-state index >= 15 is 0 Å². The van der Waals surface area contributed by atoms with Crippen molar-refractivity contribution in [1.82, 2.24) is 14.9 Å². The van der Waals surface area contributed by atoms with Crippen molar-refractivity contribution in [2.45, 2.75) is 20.3 Å². The van der Waals surface area contributed by atoms with Gasteiger partial charge in [0.15, 0.2) is 11.5 Å². The third kappa shape index (κ3) is 4.24. The van der Waals surface area contributed by atoms with Crippen LogP contribution in [0.4, 0.5) is 11.8 Å². The first-order valence-electron chi connectivity index (χ1n) is 9.54. The van der Waals surface area contributed by atoms with Crippen molar-refractivity contribution in [3.05, 3.63) is 35.5 Å². The Morgan fingerprint density at radius 2 is 1.85 bits per heavy atom. The van der Waals surface area contributed by atoms with Crippen LogP contribution in [-0.4, -0.2) is 54.4 Å². The Balaban J connectivity index is 1.28. The van der Waals surface area contributed by atoms with Gasteiger partial charge in [-0.2, -0.15) is 4.98 Å². The SMILES string of the molecule is Cc1cc(N2CCN(C[C@H](C)Cc3ccc4c(c3)OCO4)CC2)nc(N)n1. The van der Waals surface area contributed by atoms with Crippen molar-refractivity contribution in [2.75, 3.05) is 50.2 Å². The average molecular weight is 369 g/mol. The van der Waals surface area contributed by atoms with Crippen LogP contribution < -0.4 is 20.1 Å². The monoisotopic (exact) mass is 369 g/mol. The minimum absolute atomic E-state index is 0.329. The molecule has 2 aromatic rings. The van der Waals surface area contributed by atoms with Gasteiger partial charge < -0.3 is 20.1 Å². The Morgan fingerprint density at radius 1 is 1.07 bits per heavy atom. The Hall–Kier alpha value is -2.54. The highest BCUT2D eigenvalue weighted by molar-refractivity contribution is 5.45. The number of hydrogen-bond donors (Lipinski definition) is 1. The molecule has 0 spiro atoms. The molecule has 2 aliphatic heterocycles. The number of rotatable bonds is 5. The predicted octanol–water partition coefficient (Wildman–Crippen LogP) is 2.10. The second-order valence-electron chi connectivity index (χ2n) is 7.51. The summed E-state index contributed by atoms with van der Waals surface area (Å²) < 4.78 is 10.9. The highest BCUT2D eigenvalue weighted by Crippen LogP contribution is 2.33. The lowest BCUT2D eigenvalue weighted by molar-refractivity contribution is 0.174. The average Bonchev–Trinajstić information content (AvgIpc) is 3.09. The molecule has 27 heavy (non-hydrogen) atoms. The van der Waals surface area contributed by atoms with Gasteiger partial charge in [-0.05, 0) is 37.0 Å². The van der Waals surface area contributed by atoms with Gasteiger partial charge in [-0.15, -0.1) is 0 Å². The Morgan fingerprint density at radius 3 is 2.63 bits per heavy atom. The second kappa shape index (κ2) is 7.60. The van der Waals surface area contributed by atoms with E-state index in [1.165, 1.54) is 5.56 Å². The van der Waals surface area contributed by atoms with Crippen LogP contribution in [0.1, 0.15) is 18.2 Å². The molecule has 1 aromatic carbocycles. The van der Waals surface area contributed by atoms with E-state index in [2.05, 4.69) is 38.8 Å². The zero-order valence-electron chi connectivity index (χ0n) is 16.0. The zero-order valence-corrected chi connectivity index (χ0v) is 16.0. The molecule has 4 rings (SSSR count). The summed E-state index contributed by atoms with van der Waals surface area (Å²) in [4.78, 5) is 13.4. The summed E-state index contributed by atoms with van der Waals surface area (Å²) in [6.45, 7) is 9.69. The van der Waals surface area contributed by atoms with Crippen LogP contribution in [0.2, 0.25) is 0 Å². The lowest BCUT2D eigenvalue weighted by Crippen LogP contribution is -2.48. The van der Waals surface area contributed by atoms with Crippen LogP contribution >= 0.6 is 0 Å². The molecule has 0 aliphatic carbocycles. The summed E-state index contributed by atoms with van der Waals surface area (Å²) in [5, 5.41) is 0. The molecular weight excluding hydrogens is 342 g/mol. The van der Waals surface area contributed by atoms with Crippen LogP contribution in [0, 0.1) is 12.8 Å². The summed E-state index contributed by atoms with van der Waals surface area (Å²) in [6.07, 6.45) is 1.04. The molecule has 144 valence electrons. The van der Waals surface area contributed by atoms with Gasteiger partial charge in [0, 0.05) is 44.5 Å². The molecule has 1 saturated heterocycles. The number of nitrogens with zero attached hydrogens (tertiary/aromatic N) is 4. The minimum atomic E-state index is 0.329. The standard InChI is InChI=1S/C20H27N5O2/c1-14(9-16-3-4-17-18(11-16)27-13-26-17)12-24-5-7-25(8-6-24)19-10-15(2)22-20(21)23-19/h3-4,10-11,14H,5-9,12-13H2,1-2H3,(H2,21,22,23)/t14-/m1/s1. The first-order chi connectivity index (χ1) is 13.1. The molecule has 2 N–H and O–H groups in total. The number of nitrogen functional groups attached to an aromatic ring is 1. The van der Waals surface area contributed by atoms with E-state index in [1.807, 2.05) is 19.1 Å². The molecule has 7 nitrogen and oxygen atoms in total. The van der Waals surface area contributed by atoms with Crippen LogP contribution in [0.25, 0.3) is 0 Å².